The van der Waals surface area contributed by atoms with Crippen LogP contribution in [0.15, 0.2) is 0 Å². The van der Waals surface area contributed by atoms with Gasteiger partial charge >= 0.3 is 0 Å². The Morgan fingerprint density at radius 2 is 2.06 bits per heavy atom. The lowest BCUT2D eigenvalue weighted by molar-refractivity contribution is -0.136. The van der Waals surface area contributed by atoms with Crippen molar-refractivity contribution in [1.82, 2.24) is 10.2 Å². The van der Waals surface area contributed by atoms with Gasteiger partial charge in [-0.2, -0.15) is 0 Å². The molecule has 1 heterocycles. The predicted octanol–water partition coefficient (Wildman–Crippen LogP) is 0.819. The molecule has 17 heavy (non-hydrogen) atoms. The molecule has 1 unspecified atom stereocenters. The zero-order valence-electron chi connectivity index (χ0n) is 11.5. The van der Waals surface area contributed by atoms with Crippen molar-refractivity contribution in [2.75, 3.05) is 32.7 Å². The van der Waals surface area contributed by atoms with E-state index >= 15 is 0 Å². The molecule has 4 heteroatoms. The summed E-state index contributed by atoms with van der Waals surface area (Å²) in [6, 6.07) is 0. The maximum absolute atomic E-state index is 12.4. The molecule has 4 nitrogen and oxygen atoms in total. The van der Waals surface area contributed by atoms with Crippen LogP contribution in [0.25, 0.3) is 0 Å². The van der Waals surface area contributed by atoms with Gasteiger partial charge in [0.2, 0.25) is 5.91 Å². The molecule has 0 saturated carbocycles. The molecule has 0 spiro atoms. The molecule has 1 amide bonds. The summed E-state index contributed by atoms with van der Waals surface area (Å²) in [7, 11) is 0. The summed E-state index contributed by atoms with van der Waals surface area (Å²) < 4.78 is 0. The molecule has 3 N–H and O–H groups in total. The van der Waals surface area contributed by atoms with Crippen LogP contribution in [0, 0.1) is 11.3 Å². The molecule has 1 atom stereocenters. The number of nitrogens with one attached hydrogen (secondary N) is 1. The zero-order valence-corrected chi connectivity index (χ0v) is 11.5. The van der Waals surface area contributed by atoms with Gasteiger partial charge in [-0.15, -0.1) is 0 Å². The van der Waals surface area contributed by atoms with Gasteiger partial charge in [0.1, 0.15) is 0 Å². The van der Waals surface area contributed by atoms with E-state index in [9.17, 15) is 4.79 Å². The smallest absolute Gasteiger partial charge is 0.227 e. The zero-order chi connectivity index (χ0) is 12.9. The molecule has 100 valence electrons. The topological polar surface area (TPSA) is 58.4 Å². The van der Waals surface area contributed by atoms with Gasteiger partial charge in [0.05, 0.1) is 5.92 Å². The highest BCUT2D eigenvalue weighted by molar-refractivity contribution is 5.79. The van der Waals surface area contributed by atoms with Crippen LogP contribution in [-0.2, 0) is 4.79 Å². The van der Waals surface area contributed by atoms with E-state index in [1.165, 1.54) is 0 Å². The number of hydrogen-bond acceptors (Lipinski definition) is 3. The maximum Gasteiger partial charge on any atom is 0.227 e. The van der Waals surface area contributed by atoms with Crippen molar-refractivity contribution in [3.05, 3.63) is 0 Å². The molecule has 1 saturated heterocycles. The largest absolute Gasteiger partial charge is 0.341 e. The van der Waals surface area contributed by atoms with Gasteiger partial charge in [0.25, 0.3) is 0 Å². The van der Waals surface area contributed by atoms with Crippen LogP contribution in [0.1, 0.15) is 33.6 Å². The average Bonchev–Trinajstić information content (AvgIpc) is 2.52. The number of hydrogen-bond donors (Lipinski definition) is 2. The fraction of sp³-hybridized carbons (Fsp3) is 0.923. The number of rotatable bonds is 3. The van der Waals surface area contributed by atoms with Gasteiger partial charge in [0.15, 0.2) is 0 Å². The van der Waals surface area contributed by atoms with E-state index in [0.717, 1.165) is 39.0 Å². The average molecular weight is 241 g/mol. The minimum absolute atomic E-state index is 0.0203. The van der Waals surface area contributed by atoms with E-state index in [1.807, 2.05) is 4.90 Å². The van der Waals surface area contributed by atoms with Crippen molar-refractivity contribution in [2.24, 2.45) is 17.1 Å². The molecule has 0 aromatic heterocycles. The normalized spacial score (nSPS) is 19.9. The van der Waals surface area contributed by atoms with Crippen molar-refractivity contribution in [3.63, 3.8) is 0 Å². The molecule has 1 rings (SSSR count). The van der Waals surface area contributed by atoms with E-state index in [1.54, 1.807) is 0 Å². The number of carbonyl (C=O) groups excluding carboxylic acids is 1. The second kappa shape index (κ2) is 6.36. The summed E-state index contributed by atoms with van der Waals surface area (Å²) in [4.78, 5) is 14.4. The number of nitrogens with zero attached hydrogens (tertiary/aromatic N) is 1. The minimum atomic E-state index is -0.0203. The summed E-state index contributed by atoms with van der Waals surface area (Å²) in [5.41, 5.74) is 5.92. The van der Waals surface area contributed by atoms with Crippen LogP contribution in [0.4, 0.5) is 0 Å². The molecule has 0 radical (unpaired) electrons. The second-order valence-corrected chi connectivity index (χ2v) is 6.13. The van der Waals surface area contributed by atoms with Crippen molar-refractivity contribution in [3.8, 4) is 0 Å². The van der Waals surface area contributed by atoms with Crippen LogP contribution in [0.5, 0.6) is 0 Å². The van der Waals surface area contributed by atoms with Gasteiger partial charge in [-0.05, 0) is 24.8 Å². The van der Waals surface area contributed by atoms with Crippen molar-refractivity contribution in [2.45, 2.75) is 33.6 Å². The van der Waals surface area contributed by atoms with E-state index in [-0.39, 0.29) is 17.2 Å². The van der Waals surface area contributed by atoms with Gasteiger partial charge < -0.3 is 16.0 Å². The third kappa shape index (κ3) is 5.04. The van der Waals surface area contributed by atoms with Crippen LogP contribution >= 0.6 is 0 Å². The SMILES string of the molecule is CC(C)(C)CC(CN)C(=O)N1CCCNCC1. The van der Waals surface area contributed by atoms with E-state index in [2.05, 4.69) is 26.1 Å². The Hall–Kier alpha value is -0.610. The van der Waals surface area contributed by atoms with E-state index < -0.39 is 0 Å². The van der Waals surface area contributed by atoms with Crippen molar-refractivity contribution >= 4 is 5.91 Å². The molecule has 0 aromatic rings. The molecule has 0 aliphatic carbocycles. The first-order chi connectivity index (χ1) is 7.94. The van der Waals surface area contributed by atoms with Gasteiger partial charge in [-0.1, -0.05) is 20.8 Å². The lowest BCUT2D eigenvalue weighted by Gasteiger charge is -2.29. The molecular weight excluding hydrogens is 214 g/mol. The minimum Gasteiger partial charge on any atom is -0.341 e. The highest BCUT2D eigenvalue weighted by Gasteiger charge is 2.27. The fourth-order valence-electron chi connectivity index (χ4n) is 2.33. The number of amides is 1. The molecule has 0 bridgehead atoms. The Morgan fingerprint density at radius 3 is 2.65 bits per heavy atom. The standard InChI is InChI=1S/C13H27N3O/c1-13(2,3)9-11(10-14)12(17)16-7-4-5-15-6-8-16/h11,15H,4-10,14H2,1-3H3. The van der Waals surface area contributed by atoms with Crippen LogP contribution in [0.3, 0.4) is 0 Å². The van der Waals surface area contributed by atoms with E-state index in [0.29, 0.717) is 6.54 Å². The van der Waals surface area contributed by atoms with Crippen LogP contribution < -0.4 is 11.1 Å². The number of carbonyl (C=O) groups is 1. The van der Waals surface area contributed by atoms with Gasteiger partial charge in [-0.3, -0.25) is 4.79 Å². The molecule has 1 aliphatic rings. The predicted molar refractivity (Wildman–Crippen MR) is 70.7 cm³/mol. The molecule has 0 aromatic carbocycles. The summed E-state index contributed by atoms with van der Waals surface area (Å²) in [5, 5.41) is 3.31. The Balaban J connectivity index is 2.57. The quantitative estimate of drug-likeness (QED) is 0.769. The summed E-state index contributed by atoms with van der Waals surface area (Å²) >= 11 is 0. The molecule has 1 aliphatic heterocycles. The summed E-state index contributed by atoms with van der Waals surface area (Å²) in [6.07, 6.45) is 1.91. The number of nitrogens with two attached hydrogens (primary N) is 1. The highest BCUT2D eigenvalue weighted by Crippen LogP contribution is 2.25. The van der Waals surface area contributed by atoms with Crippen LogP contribution in [0.2, 0.25) is 0 Å². The summed E-state index contributed by atoms with van der Waals surface area (Å²) in [6.45, 7) is 10.5. The Bertz CT molecular complexity index is 240. The summed E-state index contributed by atoms with van der Waals surface area (Å²) in [5.74, 6) is 0.222. The third-order valence-electron chi connectivity index (χ3n) is 3.14. The fourth-order valence-corrected chi connectivity index (χ4v) is 2.33. The first kappa shape index (κ1) is 14.5. The Morgan fingerprint density at radius 1 is 1.35 bits per heavy atom. The molecular formula is C13H27N3O. The van der Waals surface area contributed by atoms with Crippen LogP contribution in [-0.4, -0.2) is 43.5 Å². The lowest BCUT2D eigenvalue weighted by Crippen LogP contribution is -2.42. The van der Waals surface area contributed by atoms with E-state index in [4.69, 9.17) is 5.73 Å². The first-order valence-electron chi connectivity index (χ1n) is 6.63. The molecule has 1 fully saturated rings. The monoisotopic (exact) mass is 241 g/mol. The second-order valence-electron chi connectivity index (χ2n) is 6.13. The maximum atomic E-state index is 12.4. The van der Waals surface area contributed by atoms with Crippen molar-refractivity contribution in [1.29, 1.82) is 0 Å². The third-order valence-corrected chi connectivity index (χ3v) is 3.14. The first-order valence-corrected chi connectivity index (χ1v) is 6.63. The van der Waals surface area contributed by atoms with Gasteiger partial charge in [-0.25, -0.2) is 0 Å². The Kier molecular flexibility index (Phi) is 5.40. The Labute approximate surface area is 105 Å². The highest BCUT2D eigenvalue weighted by atomic mass is 16.2. The lowest BCUT2D eigenvalue weighted by atomic mass is 9.84. The van der Waals surface area contributed by atoms with Crippen molar-refractivity contribution < 1.29 is 4.79 Å². The van der Waals surface area contributed by atoms with Gasteiger partial charge in [0, 0.05) is 26.2 Å².